The molecule has 1 aromatic heterocycles. The maximum Gasteiger partial charge on any atom is 0.311 e. The number of imidazole rings is 1. The number of aliphatic carboxylic acids is 1. The van der Waals surface area contributed by atoms with Crippen LogP contribution < -0.4 is 4.90 Å². The van der Waals surface area contributed by atoms with Gasteiger partial charge < -0.3 is 14.6 Å². The number of aryl methyl sites for hydroxylation is 1. The van der Waals surface area contributed by atoms with Gasteiger partial charge in [0.15, 0.2) is 0 Å². The fourth-order valence-corrected chi connectivity index (χ4v) is 2.49. The van der Waals surface area contributed by atoms with Crippen molar-refractivity contribution in [1.82, 2.24) is 9.55 Å². The highest BCUT2D eigenvalue weighted by atomic mass is 16.4. The van der Waals surface area contributed by atoms with E-state index in [1.54, 1.807) is 6.20 Å². The van der Waals surface area contributed by atoms with Gasteiger partial charge in [0.05, 0.1) is 5.41 Å². The van der Waals surface area contributed by atoms with Crippen molar-refractivity contribution in [3.63, 3.8) is 0 Å². The van der Waals surface area contributed by atoms with Crippen molar-refractivity contribution in [2.45, 2.75) is 33.2 Å². The lowest BCUT2D eigenvalue weighted by Crippen LogP contribution is -2.34. The van der Waals surface area contributed by atoms with E-state index in [0.717, 1.165) is 19.0 Å². The second-order valence-electron chi connectivity index (χ2n) is 4.62. The summed E-state index contributed by atoms with van der Waals surface area (Å²) < 4.78 is 2.05. The molecule has 0 radical (unpaired) electrons. The molecule has 0 saturated carbocycles. The molecule has 94 valence electrons. The highest BCUT2D eigenvalue weighted by molar-refractivity contribution is 5.76. The van der Waals surface area contributed by atoms with Crippen LogP contribution in [0.4, 0.5) is 5.95 Å². The first-order chi connectivity index (χ1) is 8.13. The van der Waals surface area contributed by atoms with E-state index in [1.807, 2.05) is 17.7 Å². The molecule has 1 aliphatic rings. The van der Waals surface area contributed by atoms with Crippen molar-refractivity contribution < 1.29 is 9.90 Å². The molecule has 1 atom stereocenters. The third-order valence-corrected chi connectivity index (χ3v) is 3.80. The van der Waals surface area contributed by atoms with Crippen LogP contribution in [-0.4, -0.2) is 33.7 Å². The molecule has 0 amide bonds. The molecule has 17 heavy (non-hydrogen) atoms. The van der Waals surface area contributed by atoms with Gasteiger partial charge in [-0.25, -0.2) is 4.98 Å². The maximum absolute atomic E-state index is 11.4. The highest BCUT2D eigenvalue weighted by Crippen LogP contribution is 2.36. The molecule has 1 N–H and O–H groups in total. The molecular formula is C12H19N3O2. The van der Waals surface area contributed by atoms with Crippen molar-refractivity contribution in [3.05, 3.63) is 12.4 Å². The summed E-state index contributed by atoms with van der Waals surface area (Å²) in [6, 6.07) is 0. The van der Waals surface area contributed by atoms with Gasteiger partial charge in [0.25, 0.3) is 0 Å². The summed E-state index contributed by atoms with van der Waals surface area (Å²) >= 11 is 0. The Hall–Kier alpha value is -1.52. The van der Waals surface area contributed by atoms with Gasteiger partial charge in [-0.15, -0.1) is 0 Å². The molecule has 1 unspecified atom stereocenters. The van der Waals surface area contributed by atoms with Crippen molar-refractivity contribution >= 4 is 11.9 Å². The van der Waals surface area contributed by atoms with Gasteiger partial charge in [-0.3, -0.25) is 4.79 Å². The summed E-state index contributed by atoms with van der Waals surface area (Å²) in [5.74, 6) is 0.209. The largest absolute Gasteiger partial charge is 0.481 e. The predicted octanol–water partition coefficient (Wildman–Crippen LogP) is 1.59. The number of nitrogens with zero attached hydrogens (tertiary/aromatic N) is 3. The zero-order valence-corrected chi connectivity index (χ0v) is 10.4. The first-order valence-electron chi connectivity index (χ1n) is 6.12. The van der Waals surface area contributed by atoms with Crippen LogP contribution in [-0.2, 0) is 11.3 Å². The fourth-order valence-electron chi connectivity index (χ4n) is 2.49. The number of hydrogen-bond acceptors (Lipinski definition) is 3. The molecular weight excluding hydrogens is 218 g/mol. The van der Waals surface area contributed by atoms with Gasteiger partial charge in [0, 0.05) is 32.0 Å². The van der Waals surface area contributed by atoms with E-state index < -0.39 is 11.4 Å². The van der Waals surface area contributed by atoms with Crippen molar-refractivity contribution in [2.24, 2.45) is 5.41 Å². The number of carboxylic acid groups (broad SMARTS) is 1. The van der Waals surface area contributed by atoms with Crippen LogP contribution in [0.5, 0.6) is 0 Å². The Morgan fingerprint density at radius 1 is 1.59 bits per heavy atom. The van der Waals surface area contributed by atoms with E-state index in [-0.39, 0.29) is 0 Å². The SMILES string of the molecule is CCn1ccnc1N1CCC(CC)(C(=O)O)C1. The van der Waals surface area contributed by atoms with Gasteiger partial charge in [-0.1, -0.05) is 6.92 Å². The Morgan fingerprint density at radius 3 is 2.88 bits per heavy atom. The van der Waals surface area contributed by atoms with Crippen molar-refractivity contribution in [2.75, 3.05) is 18.0 Å². The summed E-state index contributed by atoms with van der Waals surface area (Å²) in [4.78, 5) is 17.8. The third kappa shape index (κ3) is 1.90. The normalized spacial score (nSPS) is 24.2. The minimum atomic E-state index is -0.683. The molecule has 5 nitrogen and oxygen atoms in total. The van der Waals surface area contributed by atoms with Crippen LogP contribution in [0.15, 0.2) is 12.4 Å². The summed E-state index contributed by atoms with van der Waals surface area (Å²) in [7, 11) is 0. The zero-order valence-electron chi connectivity index (χ0n) is 10.4. The Morgan fingerprint density at radius 2 is 2.35 bits per heavy atom. The average molecular weight is 237 g/mol. The van der Waals surface area contributed by atoms with Crippen LogP contribution in [0, 0.1) is 5.41 Å². The van der Waals surface area contributed by atoms with Crippen LogP contribution in [0.1, 0.15) is 26.7 Å². The Labute approximate surface area is 101 Å². The number of aromatic nitrogens is 2. The average Bonchev–Trinajstić information content (AvgIpc) is 2.95. The van der Waals surface area contributed by atoms with Crippen molar-refractivity contribution in [1.29, 1.82) is 0 Å². The predicted molar refractivity (Wildman–Crippen MR) is 65.1 cm³/mol. The van der Waals surface area contributed by atoms with E-state index in [4.69, 9.17) is 0 Å². The second kappa shape index (κ2) is 4.39. The minimum absolute atomic E-state index is 0.565. The molecule has 5 heteroatoms. The summed E-state index contributed by atoms with van der Waals surface area (Å²) in [5, 5.41) is 9.35. The van der Waals surface area contributed by atoms with Gasteiger partial charge in [0.2, 0.25) is 5.95 Å². The maximum atomic E-state index is 11.4. The number of rotatable bonds is 4. The number of carbonyl (C=O) groups is 1. The van der Waals surface area contributed by atoms with Gasteiger partial charge in [-0.2, -0.15) is 0 Å². The van der Waals surface area contributed by atoms with E-state index in [0.29, 0.717) is 19.4 Å². The van der Waals surface area contributed by atoms with Crippen LogP contribution >= 0.6 is 0 Å². The van der Waals surface area contributed by atoms with Gasteiger partial charge >= 0.3 is 5.97 Å². The highest BCUT2D eigenvalue weighted by Gasteiger charge is 2.44. The standard InChI is InChI=1S/C12H19N3O2/c1-3-12(10(16)17)5-7-15(9-12)11-13-6-8-14(11)4-2/h6,8H,3-5,7,9H2,1-2H3,(H,16,17). The molecule has 2 heterocycles. The molecule has 0 aromatic carbocycles. The Kier molecular flexibility index (Phi) is 3.09. The molecule has 1 saturated heterocycles. The molecule has 2 rings (SSSR count). The third-order valence-electron chi connectivity index (χ3n) is 3.80. The number of carboxylic acids is 1. The minimum Gasteiger partial charge on any atom is -0.481 e. The monoisotopic (exact) mass is 237 g/mol. The van der Waals surface area contributed by atoms with Crippen LogP contribution in [0.25, 0.3) is 0 Å². The summed E-state index contributed by atoms with van der Waals surface area (Å²) in [5.41, 5.74) is -0.593. The van der Waals surface area contributed by atoms with E-state index in [1.165, 1.54) is 0 Å². The van der Waals surface area contributed by atoms with Crippen LogP contribution in [0.3, 0.4) is 0 Å². The Bertz CT molecular complexity index is 416. The molecule has 0 bridgehead atoms. The molecule has 0 spiro atoms. The van der Waals surface area contributed by atoms with E-state index in [9.17, 15) is 9.90 Å². The zero-order chi connectivity index (χ0) is 12.5. The van der Waals surface area contributed by atoms with Gasteiger partial charge in [0.1, 0.15) is 0 Å². The second-order valence-corrected chi connectivity index (χ2v) is 4.62. The van der Waals surface area contributed by atoms with Crippen LogP contribution in [0.2, 0.25) is 0 Å². The lowest BCUT2D eigenvalue weighted by Gasteiger charge is -2.23. The number of anilines is 1. The lowest BCUT2D eigenvalue weighted by molar-refractivity contribution is -0.147. The van der Waals surface area contributed by atoms with Gasteiger partial charge in [-0.05, 0) is 19.8 Å². The molecule has 0 aliphatic carbocycles. The Balaban J connectivity index is 2.20. The molecule has 1 aromatic rings. The fraction of sp³-hybridized carbons (Fsp3) is 0.667. The molecule has 1 aliphatic heterocycles. The van der Waals surface area contributed by atoms with E-state index >= 15 is 0 Å². The first kappa shape index (κ1) is 12.0. The van der Waals surface area contributed by atoms with E-state index in [2.05, 4.69) is 16.8 Å². The quantitative estimate of drug-likeness (QED) is 0.864. The molecule has 1 fully saturated rings. The topological polar surface area (TPSA) is 58.4 Å². The summed E-state index contributed by atoms with van der Waals surface area (Å²) in [6.07, 6.45) is 5.08. The van der Waals surface area contributed by atoms with Crippen molar-refractivity contribution in [3.8, 4) is 0 Å². The number of hydrogen-bond donors (Lipinski definition) is 1. The lowest BCUT2D eigenvalue weighted by atomic mass is 9.84. The first-order valence-corrected chi connectivity index (χ1v) is 6.12. The summed E-state index contributed by atoms with van der Waals surface area (Å²) in [6.45, 7) is 6.21. The smallest absolute Gasteiger partial charge is 0.311 e.